The van der Waals surface area contributed by atoms with Gasteiger partial charge in [0.1, 0.15) is 18.1 Å². The minimum absolute atomic E-state index is 0.00912. The van der Waals surface area contributed by atoms with Crippen LogP contribution in [0.15, 0.2) is 42.5 Å². The molecule has 0 radical (unpaired) electrons. The Morgan fingerprint density at radius 3 is 2.69 bits per heavy atom. The number of imidazole rings is 1. The van der Waals surface area contributed by atoms with Crippen molar-refractivity contribution in [1.29, 1.82) is 0 Å². The van der Waals surface area contributed by atoms with E-state index in [1.165, 1.54) is 19.3 Å². The van der Waals surface area contributed by atoms with E-state index in [0.717, 1.165) is 53.0 Å². The number of likely N-dealkylation sites (N-methyl/N-ethyl adjacent to an activating group) is 1. The van der Waals surface area contributed by atoms with Gasteiger partial charge in [0.2, 0.25) is 5.91 Å². The van der Waals surface area contributed by atoms with Crippen molar-refractivity contribution < 1.29 is 14.3 Å². The second-order valence-electron chi connectivity index (χ2n) is 9.91. The molecule has 2 aromatic carbocycles. The summed E-state index contributed by atoms with van der Waals surface area (Å²) >= 11 is 0. The third-order valence-corrected chi connectivity index (χ3v) is 7.14. The van der Waals surface area contributed by atoms with E-state index in [1.54, 1.807) is 0 Å². The highest BCUT2D eigenvalue weighted by atomic mass is 16.5. The Bertz CT molecular complexity index is 1200. The Morgan fingerprint density at radius 2 is 1.89 bits per heavy atom. The lowest BCUT2D eigenvalue weighted by atomic mass is 9.94. The quantitative estimate of drug-likeness (QED) is 0.422. The van der Waals surface area contributed by atoms with Gasteiger partial charge in [-0.15, -0.1) is 0 Å². The fourth-order valence-electron chi connectivity index (χ4n) is 4.94. The Balaban J connectivity index is 1.32. The summed E-state index contributed by atoms with van der Waals surface area (Å²) < 4.78 is 7.74. The second kappa shape index (κ2) is 12.1. The number of benzene rings is 2. The van der Waals surface area contributed by atoms with Gasteiger partial charge in [-0.25, -0.2) is 4.98 Å². The molecule has 4 rings (SSSR count). The van der Waals surface area contributed by atoms with E-state index in [0.29, 0.717) is 25.6 Å². The summed E-state index contributed by atoms with van der Waals surface area (Å²) in [5.74, 6) is 1.60. The molecule has 0 bridgehead atoms. The zero-order chi connectivity index (χ0) is 25.5. The van der Waals surface area contributed by atoms with E-state index in [4.69, 9.17) is 9.72 Å². The summed E-state index contributed by atoms with van der Waals surface area (Å²) in [5.41, 5.74) is 3.98. The monoisotopic (exact) mass is 490 g/mol. The SMILES string of the molecule is Cc1ccc(C)c(OCC(=O)NCCCc2nc3ccccc3n2CC(=O)N(C)C2CCCCC2)c1. The van der Waals surface area contributed by atoms with Crippen molar-refractivity contribution in [3.63, 3.8) is 0 Å². The van der Waals surface area contributed by atoms with Crippen LogP contribution in [0, 0.1) is 13.8 Å². The van der Waals surface area contributed by atoms with E-state index >= 15 is 0 Å². The molecule has 1 saturated carbocycles. The van der Waals surface area contributed by atoms with Crippen LogP contribution in [0.3, 0.4) is 0 Å². The molecule has 0 atom stereocenters. The van der Waals surface area contributed by atoms with Crippen molar-refractivity contribution in [3.05, 3.63) is 59.4 Å². The van der Waals surface area contributed by atoms with Crippen LogP contribution in [-0.4, -0.2) is 52.5 Å². The normalized spacial score (nSPS) is 14.1. The van der Waals surface area contributed by atoms with Gasteiger partial charge in [-0.05, 0) is 62.4 Å². The van der Waals surface area contributed by atoms with Crippen LogP contribution in [0.25, 0.3) is 11.0 Å². The molecule has 1 heterocycles. The topological polar surface area (TPSA) is 76.5 Å². The molecule has 0 unspecified atom stereocenters. The minimum atomic E-state index is -0.145. The maximum Gasteiger partial charge on any atom is 0.257 e. The van der Waals surface area contributed by atoms with Crippen molar-refractivity contribution in [2.75, 3.05) is 20.2 Å². The fourth-order valence-corrected chi connectivity index (χ4v) is 4.94. The van der Waals surface area contributed by atoms with E-state index in [2.05, 4.69) is 5.32 Å². The second-order valence-corrected chi connectivity index (χ2v) is 9.91. The molecule has 1 fully saturated rings. The van der Waals surface area contributed by atoms with E-state index in [1.807, 2.05) is 72.8 Å². The molecule has 0 aliphatic heterocycles. The molecule has 1 aromatic heterocycles. The summed E-state index contributed by atoms with van der Waals surface area (Å²) in [6.07, 6.45) is 7.24. The van der Waals surface area contributed by atoms with Crippen LogP contribution < -0.4 is 10.1 Å². The third kappa shape index (κ3) is 6.45. The smallest absolute Gasteiger partial charge is 0.257 e. The molecule has 3 aromatic rings. The van der Waals surface area contributed by atoms with Crippen molar-refractivity contribution in [2.45, 2.75) is 71.4 Å². The summed E-state index contributed by atoms with van der Waals surface area (Å²) in [7, 11) is 1.94. The van der Waals surface area contributed by atoms with Gasteiger partial charge in [-0.3, -0.25) is 9.59 Å². The first-order valence-corrected chi connectivity index (χ1v) is 13.1. The van der Waals surface area contributed by atoms with E-state index in [-0.39, 0.29) is 18.4 Å². The highest BCUT2D eigenvalue weighted by molar-refractivity contribution is 5.81. The van der Waals surface area contributed by atoms with Gasteiger partial charge in [-0.2, -0.15) is 0 Å². The predicted octanol–water partition coefficient (Wildman–Crippen LogP) is 4.57. The Hall–Kier alpha value is -3.35. The number of fused-ring (bicyclic) bond motifs is 1. The highest BCUT2D eigenvalue weighted by Crippen LogP contribution is 2.23. The number of nitrogens with zero attached hydrogens (tertiary/aromatic N) is 3. The highest BCUT2D eigenvalue weighted by Gasteiger charge is 2.23. The summed E-state index contributed by atoms with van der Waals surface area (Å²) in [4.78, 5) is 32.2. The molecule has 36 heavy (non-hydrogen) atoms. The van der Waals surface area contributed by atoms with Gasteiger partial charge in [0, 0.05) is 26.1 Å². The van der Waals surface area contributed by atoms with Crippen molar-refractivity contribution >= 4 is 22.8 Å². The first kappa shape index (κ1) is 25.7. The van der Waals surface area contributed by atoms with Crippen molar-refractivity contribution in [2.24, 2.45) is 0 Å². The Labute approximate surface area is 213 Å². The molecule has 1 N–H and O–H groups in total. The number of rotatable bonds is 10. The molecule has 7 nitrogen and oxygen atoms in total. The molecule has 1 aliphatic carbocycles. The first-order valence-electron chi connectivity index (χ1n) is 13.1. The largest absolute Gasteiger partial charge is 0.483 e. The molecule has 1 aliphatic rings. The molecule has 7 heteroatoms. The lowest BCUT2D eigenvalue weighted by Gasteiger charge is -2.31. The number of amides is 2. The third-order valence-electron chi connectivity index (χ3n) is 7.14. The molecule has 0 spiro atoms. The lowest BCUT2D eigenvalue weighted by Crippen LogP contribution is -2.40. The van der Waals surface area contributed by atoms with Crippen LogP contribution in [0.4, 0.5) is 0 Å². The zero-order valence-electron chi connectivity index (χ0n) is 21.8. The van der Waals surface area contributed by atoms with Crippen molar-refractivity contribution in [1.82, 2.24) is 19.8 Å². The number of nitrogens with one attached hydrogen (secondary N) is 1. The van der Waals surface area contributed by atoms with Gasteiger partial charge < -0.3 is 19.5 Å². The molecular formula is C29H38N4O3. The number of aryl methyl sites for hydroxylation is 3. The van der Waals surface area contributed by atoms with Crippen LogP contribution in [0.5, 0.6) is 5.75 Å². The summed E-state index contributed by atoms with van der Waals surface area (Å²) in [6.45, 7) is 4.77. The first-order chi connectivity index (χ1) is 17.4. The standard InChI is InChI=1S/C29H38N4O3/c1-21-15-16-22(2)26(18-21)36-20-28(34)30-17-9-14-27-31-24-12-7-8-13-25(24)33(27)19-29(35)32(3)23-10-5-4-6-11-23/h7-8,12-13,15-16,18,23H,4-6,9-11,14,17,19-20H2,1-3H3,(H,30,34). The van der Waals surface area contributed by atoms with Crippen LogP contribution in [0.2, 0.25) is 0 Å². The van der Waals surface area contributed by atoms with Crippen molar-refractivity contribution in [3.8, 4) is 5.75 Å². The Morgan fingerprint density at radius 1 is 1.11 bits per heavy atom. The number of para-hydroxylation sites is 2. The number of carbonyl (C=O) groups excluding carboxylic acids is 2. The maximum atomic E-state index is 13.2. The predicted molar refractivity (Wildman–Crippen MR) is 142 cm³/mol. The molecule has 0 saturated heterocycles. The van der Waals surface area contributed by atoms with E-state index in [9.17, 15) is 9.59 Å². The number of ether oxygens (including phenoxy) is 1. The van der Waals surface area contributed by atoms with Gasteiger partial charge in [0.25, 0.3) is 5.91 Å². The van der Waals surface area contributed by atoms with Gasteiger partial charge in [0.05, 0.1) is 11.0 Å². The van der Waals surface area contributed by atoms with E-state index < -0.39 is 0 Å². The molecule has 2 amide bonds. The number of aromatic nitrogens is 2. The number of hydrogen-bond donors (Lipinski definition) is 1. The summed E-state index contributed by atoms with van der Waals surface area (Å²) in [5, 5.41) is 2.94. The maximum absolute atomic E-state index is 13.2. The van der Waals surface area contributed by atoms with Crippen LogP contribution in [-0.2, 0) is 22.6 Å². The summed E-state index contributed by atoms with van der Waals surface area (Å²) in [6, 6.07) is 14.3. The zero-order valence-corrected chi connectivity index (χ0v) is 21.8. The minimum Gasteiger partial charge on any atom is -0.483 e. The molecule has 192 valence electrons. The van der Waals surface area contributed by atoms with Gasteiger partial charge >= 0.3 is 0 Å². The lowest BCUT2D eigenvalue weighted by molar-refractivity contribution is -0.133. The number of carbonyl (C=O) groups is 2. The average molecular weight is 491 g/mol. The fraction of sp³-hybridized carbons (Fsp3) is 0.483. The van der Waals surface area contributed by atoms with Gasteiger partial charge in [0.15, 0.2) is 6.61 Å². The van der Waals surface area contributed by atoms with Gasteiger partial charge in [-0.1, -0.05) is 43.5 Å². The average Bonchev–Trinajstić information content (AvgIpc) is 3.24. The number of hydrogen-bond acceptors (Lipinski definition) is 4. The van der Waals surface area contributed by atoms with Crippen LogP contribution in [0.1, 0.15) is 55.5 Å². The molecular weight excluding hydrogens is 452 g/mol. The Kier molecular flexibility index (Phi) is 8.62. The van der Waals surface area contributed by atoms with Crippen LogP contribution >= 0.6 is 0 Å².